The van der Waals surface area contributed by atoms with Gasteiger partial charge in [0.2, 0.25) is 5.78 Å². The van der Waals surface area contributed by atoms with Gasteiger partial charge >= 0.3 is 6.03 Å². The van der Waals surface area contributed by atoms with Crippen molar-refractivity contribution in [2.75, 3.05) is 11.9 Å². The fourth-order valence-corrected chi connectivity index (χ4v) is 1.00. The summed E-state index contributed by atoms with van der Waals surface area (Å²) in [6.07, 6.45) is 1.37. The van der Waals surface area contributed by atoms with Crippen LogP contribution in [0.25, 0.3) is 0 Å². The van der Waals surface area contributed by atoms with Gasteiger partial charge in [0.15, 0.2) is 5.82 Å². The zero-order valence-corrected chi connectivity index (χ0v) is 6.05. The second-order valence-corrected chi connectivity index (χ2v) is 2.36. The molecule has 1 aromatic rings. The van der Waals surface area contributed by atoms with Crippen molar-refractivity contribution < 1.29 is 9.59 Å². The molecule has 0 unspecified atom stereocenters. The molecular weight excluding hydrogens is 160 g/mol. The van der Waals surface area contributed by atoms with Gasteiger partial charge in [-0.25, -0.2) is 9.78 Å². The highest BCUT2D eigenvalue weighted by Crippen LogP contribution is 2.11. The number of nitrogens with one attached hydrogen (secondary N) is 3. The first kappa shape index (κ1) is 6.84. The van der Waals surface area contributed by atoms with E-state index in [1.807, 2.05) is 0 Å². The zero-order chi connectivity index (χ0) is 8.55. The smallest absolute Gasteiger partial charge is 0.320 e. The summed E-state index contributed by atoms with van der Waals surface area (Å²) in [6, 6.07) is -0.408. The molecule has 1 aliphatic heterocycles. The Kier molecular flexibility index (Phi) is 1.33. The maximum atomic E-state index is 11.2. The summed E-state index contributed by atoms with van der Waals surface area (Å²) in [6.45, 7) is 0.00102. The van der Waals surface area contributed by atoms with E-state index in [-0.39, 0.29) is 18.1 Å². The number of carbonyl (C=O) groups is 2. The predicted octanol–water partition coefficient (Wildman–Crippen LogP) is -0.273. The van der Waals surface area contributed by atoms with E-state index < -0.39 is 6.03 Å². The Bertz CT molecular complexity index is 343. The van der Waals surface area contributed by atoms with Crippen LogP contribution in [0.2, 0.25) is 0 Å². The number of urea groups is 1. The molecule has 0 fully saturated rings. The number of fused-ring (bicyclic) bond motifs is 1. The molecule has 1 aliphatic rings. The van der Waals surface area contributed by atoms with Crippen LogP contribution >= 0.6 is 0 Å². The summed E-state index contributed by atoms with van der Waals surface area (Å²) >= 11 is 0. The Balaban J connectivity index is 2.45. The molecule has 1 aromatic heterocycles. The molecule has 0 spiro atoms. The van der Waals surface area contributed by atoms with Gasteiger partial charge in [0.25, 0.3) is 0 Å². The summed E-state index contributed by atoms with van der Waals surface area (Å²) in [5.41, 5.74) is 0.341. The lowest BCUT2D eigenvalue weighted by Gasteiger charge is -1.96. The number of hydrogen-bond acceptors (Lipinski definition) is 3. The van der Waals surface area contributed by atoms with E-state index in [1.54, 1.807) is 0 Å². The number of hydrogen-bond donors (Lipinski definition) is 3. The van der Waals surface area contributed by atoms with Crippen molar-refractivity contribution in [2.24, 2.45) is 0 Å². The average molecular weight is 166 g/mol. The normalized spacial score (nSPS) is 16.0. The average Bonchev–Trinajstić information content (AvgIpc) is 2.44. The molecule has 0 saturated heterocycles. The second kappa shape index (κ2) is 2.33. The Morgan fingerprint density at radius 3 is 3.08 bits per heavy atom. The van der Waals surface area contributed by atoms with Crippen LogP contribution in [-0.4, -0.2) is 28.3 Å². The number of ketones is 1. The minimum atomic E-state index is -0.408. The third-order valence-corrected chi connectivity index (χ3v) is 1.56. The number of amides is 2. The van der Waals surface area contributed by atoms with Crippen molar-refractivity contribution in [3.05, 3.63) is 12.0 Å². The minimum absolute atomic E-state index is 0.00102. The first-order valence-electron chi connectivity index (χ1n) is 3.39. The van der Waals surface area contributed by atoms with Gasteiger partial charge in [0.1, 0.15) is 5.69 Å². The maximum Gasteiger partial charge on any atom is 0.320 e. The monoisotopic (exact) mass is 166 g/mol. The fourth-order valence-electron chi connectivity index (χ4n) is 1.00. The number of aromatic nitrogens is 2. The quantitative estimate of drug-likeness (QED) is 0.495. The van der Waals surface area contributed by atoms with Crippen LogP contribution in [0.15, 0.2) is 6.33 Å². The summed E-state index contributed by atoms with van der Waals surface area (Å²) in [7, 11) is 0. The largest absolute Gasteiger partial charge is 0.340 e. The zero-order valence-electron chi connectivity index (χ0n) is 6.05. The predicted molar refractivity (Wildman–Crippen MR) is 39.9 cm³/mol. The Hall–Kier alpha value is -1.85. The molecule has 0 saturated carbocycles. The molecule has 0 aliphatic carbocycles. The van der Waals surface area contributed by atoms with Crippen LogP contribution < -0.4 is 10.6 Å². The van der Waals surface area contributed by atoms with Gasteiger partial charge < -0.3 is 10.3 Å². The van der Waals surface area contributed by atoms with Crippen molar-refractivity contribution in [3.63, 3.8) is 0 Å². The maximum absolute atomic E-state index is 11.2. The highest BCUT2D eigenvalue weighted by atomic mass is 16.2. The van der Waals surface area contributed by atoms with Gasteiger partial charge in [0.05, 0.1) is 12.9 Å². The molecule has 0 atom stereocenters. The van der Waals surface area contributed by atoms with Gasteiger partial charge in [-0.15, -0.1) is 0 Å². The van der Waals surface area contributed by atoms with Crippen molar-refractivity contribution in [3.8, 4) is 0 Å². The van der Waals surface area contributed by atoms with E-state index in [1.165, 1.54) is 6.33 Å². The first-order valence-corrected chi connectivity index (χ1v) is 3.39. The molecule has 2 amide bonds. The lowest BCUT2D eigenvalue weighted by molar-refractivity contribution is 0.0991. The summed E-state index contributed by atoms with van der Waals surface area (Å²) < 4.78 is 0. The number of imidazole rings is 1. The highest BCUT2D eigenvalue weighted by Gasteiger charge is 2.20. The van der Waals surface area contributed by atoms with Crippen molar-refractivity contribution in [2.45, 2.75) is 0 Å². The molecule has 6 heteroatoms. The molecule has 2 rings (SSSR count). The molecule has 0 radical (unpaired) electrons. The van der Waals surface area contributed by atoms with Gasteiger partial charge in [-0.2, -0.15) is 0 Å². The van der Waals surface area contributed by atoms with E-state index in [2.05, 4.69) is 20.6 Å². The van der Waals surface area contributed by atoms with E-state index >= 15 is 0 Å². The molecule has 6 nitrogen and oxygen atoms in total. The number of aromatic amines is 1. The van der Waals surface area contributed by atoms with Crippen LogP contribution in [0.3, 0.4) is 0 Å². The van der Waals surface area contributed by atoms with Crippen molar-refractivity contribution >= 4 is 17.6 Å². The molecule has 62 valence electrons. The molecule has 12 heavy (non-hydrogen) atoms. The van der Waals surface area contributed by atoms with Crippen LogP contribution in [0, 0.1) is 0 Å². The van der Waals surface area contributed by atoms with Crippen LogP contribution in [0.5, 0.6) is 0 Å². The Morgan fingerprint density at radius 1 is 1.42 bits per heavy atom. The number of Topliss-reactive ketones (excluding diaryl/α,β-unsaturated/α-hetero) is 1. The third kappa shape index (κ3) is 0.931. The molecule has 0 bridgehead atoms. The molecule has 0 aromatic carbocycles. The molecule has 2 heterocycles. The van der Waals surface area contributed by atoms with Gasteiger partial charge in [-0.3, -0.25) is 10.1 Å². The van der Waals surface area contributed by atoms with Gasteiger partial charge in [-0.05, 0) is 0 Å². The molecular formula is C6H6N4O2. The number of carbonyl (C=O) groups excluding carboxylic acids is 2. The van der Waals surface area contributed by atoms with Crippen LogP contribution in [0.4, 0.5) is 10.6 Å². The van der Waals surface area contributed by atoms with Crippen molar-refractivity contribution in [1.29, 1.82) is 0 Å². The van der Waals surface area contributed by atoms with Crippen molar-refractivity contribution in [1.82, 2.24) is 15.3 Å². The molecule has 3 N–H and O–H groups in total. The van der Waals surface area contributed by atoms with E-state index in [0.717, 1.165) is 0 Å². The Labute approximate surface area is 67.4 Å². The van der Waals surface area contributed by atoms with Crippen LogP contribution in [0.1, 0.15) is 10.5 Å². The second-order valence-electron chi connectivity index (χ2n) is 2.36. The lowest BCUT2D eigenvalue weighted by Crippen LogP contribution is -2.29. The van der Waals surface area contributed by atoms with E-state index in [9.17, 15) is 9.59 Å². The number of rotatable bonds is 0. The SMILES string of the molecule is O=C1NCC(=O)c2[nH]cnc2N1. The first-order chi connectivity index (χ1) is 5.77. The van der Waals surface area contributed by atoms with Gasteiger partial charge in [0, 0.05) is 0 Å². The number of anilines is 1. The topological polar surface area (TPSA) is 86.9 Å². The summed E-state index contributed by atoms with van der Waals surface area (Å²) in [5, 5.41) is 4.79. The summed E-state index contributed by atoms with van der Waals surface area (Å²) in [4.78, 5) is 28.5. The highest BCUT2D eigenvalue weighted by molar-refractivity contribution is 6.07. The Morgan fingerprint density at radius 2 is 2.25 bits per heavy atom. The third-order valence-electron chi connectivity index (χ3n) is 1.56. The fraction of sp³-hybridized carbons (Fsp3) is 0.167. The van der Waals surface area contributed by atoms with E-state index in [0.29, 0.717) is 5.69 Å². The minimum Gasteiger partial charge on any atom is -0.340 e. The van der Waals surface area contributed by atoms with Gasteiger partial charge in [-0.1, -0.05) is 0 Å². The number of H-pyrrole nitrogens is 1. The van der Waals surface area contributed by atoms with E-state index in [4.69, 9.17) is 0 Å². The van der Waals surface area contributed by atoms with Crippen LogP contribution in [-0.2, 0) is 0 Å². The summed E-state index contributed by atoms with van der Waals surface area (Å²) in [5.74, 6) is 0.107. The standard InChI is InChI=1S/C6H6N4O2/c11-3-1-7-6(12)10-5-4(3)8-2-9-5/h2H,1H2,(H,8,9)(H2,7,10,12). The lowest BCUT2D eigenvalue weighted by atomic mass is 10.3. The number of nitrogens with zero attached hydrogens (tertiary/aromatic N) is 1.